The Morgan fingerprint density at radius 2 is 2.11 bits per heavy atom. The molecular formula is C19H18FN5O2. The Morgan fingerprint density at radius 3 is 2.74 bits per heavy atom. The first kappa shape index (κ1) is 18.4. The first-order valence-corrected chi connectivity index (χ1v) is 8.18. The molecule has 7 nitrogen and oxygen atoms in total. The van der Waals surface area contributed by atoms with Crippen LogP contribution in [0.3, 0.4) is 0 Å². The Labute approximate surface area is 155 Å². The zero-order chi connectivity index (χ0) is 19.6. The van der Waals surface area contributed by atoms with Gasteiger partial charge in [-0.25, -0.2) is 9.37 Å². The molecule has 0 radical (unpaired) electrons. The van der Waals surface area contributed by atoms with Gasteiger partial charge in [0.05, 0.1) is 31.6 Å². The summed E-state index contributed by atoms with van der Waals surface area (Å²) in [7, 11) is 1.39. The van der Waals surface area contributed by atoms with Crippen molar-refractivity contribution in [2.75, 3.05) is 19.5 Å². The summed E-state index contributed by atoms with van der Waals surface area (Å²) in [6.45, 7) is 2.08. The number of aliphatic hydroxyl groups excluding tert-OH is 1. The zero-order valence-electron chi connectivity index (χ0n) is 14.9. The number of rotatable bonds is 5. The number of pyridine rings is 1. The predicted molar refractivity (Wildman–Crippen MR) is 98.4 cm³/mol. The monoisotopic (exact) mass is 367 g/mol. The molecule has 138 valence electrons. The van der Waals surface area contributed by atoms with E-state index in [2.05, 4.69) is 16.2 Å². The van der Waals surface area contributed by atoms with Crippen molar-refractivity contribution >= 4 is 5.82 Å². The Kier molecular flexibility index (Phi) is 5.05. The molecule has 0 spiro atoms. The molecule has 0 bridgehead atoms. The van der Waals surface area contributed by atoms with Crippen molar-refractivity contribution in [2.45, 2.75) is 13.5 Å². The first-order valence-electron chi connectivity index (χ1n) is 8.18. The highest BCUT2D eigenvalue weighted by Crippen LogP contribution is 2.33. The Balaban J connectivity index is 2.18. The van der Waals surface area contributed by atoms with Gasteiger partial charge in [-0.05, 0) is 31.2 Å². The molecule has 0 atom stereocenters. The second-order valence-corrected chi connectivity index (χ2v) is 5.89. The van der Waals surface area contributed by atoms with E-state index in [1.54, 1.807) is 29.9 Å². The fourth-order valence-corrected chi connectivity index (χ4v) is 2.87. The summed E-state index contributed by atoms with van der Waals surface area (Å²) in [5.74, 6) is -0.342. The lowest BCUT2D eigenvalue weighted by Crippen LogP contribution is -2.02. The van der Waals surface area contributed by atoms with Crippen LogP contribution in [-0.2, 0) is 6.54 Å². The molecule has 0 fully saturated rings. The van der Waals surface area contributed by atoms with Crippen LogP contribution >= 0.6 is 0 Å². The van der Waals surface area contributed by atoms with E-state index in [-0.39, 0.29) is 23.7 Å². The van der Waals surface area contributed by atoms with E-state index < -0.39 is 5.82 Å². The largest absolute Gasteiger partial charge is 0.494 e. The molecule has 0 unspecified atom stereocenters. The SMILES string of the molecule is COc1ccc(-c2cc(-c3cn(CCO)nc3C)c(C#N)c(N)n2)cc1F. The molecule has 0 aliphatic rings. The summed E-state index contributed by atoms with van der Waals surface area (Å²) in [5.41, 5.74) is 9.08. The summed E-state index contributed by atoms with van der Waals surface area (Å²) < 4.78 is 20.6. The van der Waals surface area contributed by atoms with Crippen molar-refractivity contribution in [3.05, 3.63) is 47.5 Å². The Bertz CT molecular complexity index is 1040. The minimum atomic E-state index is -0.520. The van der Waals surface area contributed by atoms with Crippen LogP contribution < -0.4 is 10.5 Å². The lowest BCUT2D eigenvalue weighted by Gasteiger charge is -2.10. The van der Waals surface area contributed by atoms with Crippen LogP contribution in [0.25, 0.3) is 22.4 Å². The summed E-state index contributed by atoms with van der Waals surface area (Å²) in [6.07, 6.45) is 1.74. The number of anilines is 1. The molecule has 1 aromatic carbocycles. The molecule has 8 heteroatoms. The number of hydrogen-bond donors (Lipinski definition) is 2. The summed E-state index contributed by atoms with van der Waals surface area (Å²) >= 11 is 0. The maximum absolute atomic E-state index is 14.1. The molecule has 0 aliphatic carbocycles. The van der Waals surface area contributed by atoms with E-state index >= 15 is 0 Å². The quantitative estimate of drug-likeness (QED) is 0.717. The fourth-order valence-electron chi connectivity index (χ4n) is 2.87. The zero-order valence-corrected chi connectivity index (χ0v) is 14.9. The highest BCUT2D eigenvalue weighted by atomic mass is 19.1. The second-order valence-electron chi connectivity index (χ2n) is 5.89. The number of aliphatic hydroxyl groups is 1. The molecule has 0 amide bonds. The highest BCUT2D eigenvalue weighted by Gasteiger charge is 2.18. The van der Waals surface area contributed by atoms with Gasteiger partial charge in [-0.2, -0.15) is 10.4 Å². The number of ether oxygens (including phenoxy) is 1. The molecular weight excluding hydrogens is 349 g/mol. The van der Waals surface area contributed by atoms with E-state index in [4.69, 9.17) is 15.6 Å². The number of nitrogens with two attached hydrogens (primary N) is 1. The third-order valence-corrected chi connectivity index (χ3v) is 4.17. The Morgan fingerprint density at radius 1 is 1.33 bits per heavy atom. The van der Waals surface area contributed by atoms with Crippen LogP contribution in [0.5, 0.6) is 5.75 Å². The van der Waals surface area contributed by atoms with Crippen LogP contribution in [0.1, 0.15) is 11.3 Å². The number of halogens is 1. The maximum Gasteiger partial charge on any atom is 0.165 e. The van der Waals surface area contributed by atoms with Gasteiger partial charge in [-0.3, -0.25) is 4.68 Å². The minimum absolute atomic E-state index is 0.0514. The smallest absolute Gasteiger partial charge is 0.165 e. The van der Waals surface area contributed by atoms with Gasteiger partial charge < -0.3 is 15.6 Å². The number of hydrogen-bond acceptors (Lipinski definition) is 6. The van der Waals surface area contributed by atoms with E-state index in [1.807, 2.05) is 0 Å². The number of aromatic nitrogens is 3. The molecule has 3 aromatic rings. The van der Waals surface area contributed by atoms with Gasteiger partial charge in [0.1, 0.15) is 17.5 Å². The van der Waals surface area contributed by atoms with E-state index in [0.29, 0.717) is 34.6 Å². The maximum atomic E-state index is 14.1. The summed E-state index contributed by atoms with van der Waals surface area (Å²) in [6, 6.07) is 8.23. The molecule has 0 saturated carbocycles. The van der Waals surface area contributed by atoms with Crippen molar-refractivity contribution in [2.24, 2.45) is 0 Å². The van der Waals surface area contributed by atoms with Crippen LogP contribution in [0.15, 0.2) is 30.5 Å². The predicted octanol–water partition coefficient (Wildman–Crippen LogP) is 2.51. The lowest BCUT2D eigenvalue weighted by molar-refractivity contribution is 0.269. The molecule has 2 aromatic heterocycles. The van der Waals surface area contributed by atoms with Gasteiger partial charge in [-0.15, -0.1) is 0 Å². The number of nitrogens with zero attached hydrogens (tertiary/aromatic N) is 4. The third-order valence-electron chi connectivity index (χ3n) is 4.17. The van der Waals surface area contributed by atoms with Crippen molar-refractivity contribution in [3.63, 3.8) is 0 Å². The van der Waals surface area contributed by atoms with Crippen LogP contribution in [0.4, 0.5) is 10.2 Å². The average molecular weight is 367 g/mol. The van der Waals surface area contributed by atoms with Crippen LogP contribution in [0, 0.1) is 24.1 Å². The van der Waals surface area contributed by atoms with Gasteiger partial charge in [0.2, 0.25) is 0 Å². The van der Waals surface area contributed by atoms with Crippen LogP contribution in [-0.4, -0.2) is 33.6 Å². The number of nitrogen functional groups attached to an aromatic ring is 1. The normalized spacial score (nSPS) is 10.6. The number of aryl methyl sites for hydroxylation is 1. The van der Waals surface area contributed by atoms with E-state index in [1.165, 1.54) is 19.2 Å². The molecule has 27 heavy (non-hydrogen) atoms. The number of benzene rings is 1. The molecule has 0 aliphatic heterocycles. The van der Waals surface area contributed by atoms with Crippen molar-refractivity contribution in [3.8, 4) is 34.2 Å². The van der Waals surface area contributed by atoms with Gasteiger partial charge in [0.15, 0.2) is 11.6 Å². The van der Waals surface area contributed by atoms with Gasteiger partial charge in [-0.1, -0.05) is 0 Å². The second kappa shape index (κ2) is 7.43. The Hall–Kier alpha value is -3.44. The van der Waals surface area contributed by atoms with Crippen molar-refractivity contribution in [1.82, 2.24) is 14.8 Å². The molecule has 3 rings (SSSR count). The summed E-state index contributed by atoms with van der Waals surface area (Å²) in [4.78, 5) is 4.25. The molecule has 0 saturated heterocycles. The summed E-state index contributed by atoms with van der Waals surface area (Å²) in [5, 5.41) is 23.0. The minimum Gasteiger partial charge on any atom is -0.494 e. The molecule has 2 heterocycles. The van der Waals surface area contributed by atoms with Gasteiger partial charge >= 0.3 is 0 Å². The van der Waals surface area contributed by atoms with Crippen molar-refractivity contribution < 1.29 is 14.2 Å². The van der Waals surface area contributed by atoms with E-state index in [9.17, 15) is 9.65 Å². The van der Waals surface area contributed by atoms with Gasteiger partial charge in [0.25, 0.3) is 0 Å². The lowest BCUT2D eigenvalue weighted by atomic mass is 9.99. The standard InChI is InChI=1S/C19H18FN5O2/c1-11-15(10-25(24-11)5-6-26)13-8-17(23-19(22)14(13)9-21)12-3-4-18(27-2)16(20)7-12/h3-4,7-8,10,26H,5-6H2,1-2H3,(H2,22,23). The molecule has 3 N–H and O–H groups in total. The fraction of sp³-hybridized carbons (Fsp3) is 0.211. The van der Waals surface area contributed by atoms with E-state index in [0.717, 1.165) is 0 Å². The third kappa shape index (κ3) is 3.45. The first-order chi connectivity index (χ1) is 13.0. The van der Waals surface area contributed by atoms with Crippen LogP contribution in [0.2, 0.25) is 0 Å². The number of nitriles is 1. The number of methoxy groups -OCH3 is 1. The average Bonchev–Trinajstić information content (AvgIpc) is 3.01. The highest BCUT2D eigenvalue weighted by molar-refractivity contribution is 5.81. The topological polar surface area (TPSA) is 110 Å². The van der Waals surface area contributed by atoms with Crippen molar-refractivity contribution in [1.29, 1.82) is 5.26 Å². The van der Waals surface area contributed by atoms with Gasteiger partial charge in [0, 0.05) is 22.9 Å².